The standard InChI is InChI=1S/C10H17F6PS/c1-2-3-4-5-6-7-8-17(18,9(11,12)13)10(14,15)16/h2-8H2,1H3. The van der Waals surface area contributed by atoms with Gasteiger partial charge in [0.05, 0.1) is 0 Å². The number of alkyl halides is 6. The van der Waals surface area contributed by atoms with Crippen LogP contribution in [-0.2, 0) is 11.8 Å². The molecule has 0 aromatic rings. The molecule has 0 heterocycles. The predicted molar refractivity (Wildman–Crippen MR) is 64.6 cm³/mol. The smallest absolute Gasteiger partial charge is 0.166 e. The minimum atomic E-state index is -5.32. The molecule has 110 valence electrons. The summed E-state index contributed by atoms with van der Waals surface area (Å²) in [5, 5.41) is 0. The van der Waals surface area contributed by atoms with Crippen molar-refractivity contribution in [3.63, 3.8) is 0 Å². The Bertz CT molecular complexity index is 265. The van der Waals surface area contributed by atoms with Crippen LogP contribution in [0.4, 0.5) is 26.3 Å². The lowest BCUT2D eigenvalue weighted by Crippen LogP contribution is -2.24. The summed E-state index contributed by atoms with van der Waals surface area (Å²) < 4.78 is 74.7. The van der Waals surface area contributed by atoms with Gasteiger partial charge in [0.1, 0.15) is 0 Å². The zero-order valence-electron chi connectivity index (χ0n) is 10.1. The normalized spacial score (nSPS) is 13.9. The van der Waals surface area contributed by atoms with Gasteiger partial charge in [-0.2, -0.15) is 26.3 Å². The maximum atomic E-state index is 12.5. The van der Waals surface area contributed by atoms with Gasteiger partial charge in [-0.05, 0) is 12.6 Å². The van der Waals surface area contributed by atoms with Gasteiger partial charge in [-0.15, -0.1) is 0 Å². The summed E-state index contributed by atoms with van der Waals surface area (Å²) in [6.45, 7) is 1.98. The van der Waals surface area contributed by atoms with Gasteiger partial charge in [0.15, 0.2) is 6.04 Å². The van der Waals surface area contributed by atoms with Crippen LogP contribution in [0, 0.1) is 0 Å². The second-order valence-corrected chi connectivity index (χ2v) is 8.98. The third kappa shape index (κ3) is 5.08. The Hall–Kier alpha value is 0.230. The highest BCUT2D eigenvalue weighted by molar-refractivity contribution is 8.15. The minimum absolute atomic E-state index is 0.0972. The molecule has 8 heteroatoms. The average molecular weight is 314 g/mol. The quantitative estimate of drug-likeness (QED) is 0.322. The fraction of sp³-hybridized carbons (Fsp3) is 1.00. The van der Waals surface area contributed by atoms with Crippen molar-refractivity contribution in [2.24, 2.45) is 0 Å². The van der Waals surface area contributed by atoms with Crippen LogP contribution in [-0.4, -0.2) is 18.0 Å². The highest BCUT2D eigenvalue weighted by atomic mass is 32.4. The van der Waals surface area contributed by atoms with Gasteiger partial charge in [0.2, 0.25) is 0 Å². The van der Waals surface area contributed by atoms with Gasteiger partial charge in [-0.1, -0.05) is 50.8 Å². The first-order valence-electron chi connectivity index (χ1n) is 5.79. The number of hydrogen-bond donors (Lipinski definition) is 0. The number of hydrogen-bond acceptors (Lipinski definition) is 1. The molecule has 0 fully saturated rings. The van der Waals surface area contributed by atoms with Gasteiger partial charge in [-0.3, -0.25) is 0 Å². The topological polar surface area (TPSA) is 0 Å². The van der Waals surface area contributed by atoms with E-state index < -0.39 is 24.0 Å². The third-order valence-electron chi connectivity index (χ3n) is 2.65. The van der Waals surface area contributed by atoms with Crippen molar-refractivity contribution in [3.05, 3.63) is 0 Å². The molecule has 0 unspecified atom stereocenters. The number of rotatable bonds is 7. The Kier molecular flexibility index (Phi) is 7.22. The zero-order chi connectivity index (χ0) is 14.4. The van der Waals surface area contributed by atoms with Crippen molar-refractivity contribution in [1.82, 2.24) is 0 Å². The Balaban J connectivity index is 4.35. The van der Waals surface area contributed by atoms with Gasteiger partial charge < -0.3 is 0 Å². The van der Waals surface area contributed by atoms with Crippen molar-refractivity contribution >= 4 is 17.8 Å². The maximum Gasteiger partial charge on any atom is 0.422 e. The Labute approximate surface area is 108 Å². The second-order valence-electron chi connectivity index (χ2n) is 4.17. The van der Waals surface area contributed by atoms with Gasteiger partial charge in [0.25, 0.3) is 0 Å². The largest absolute Gasteiger partial charge is 0.422 e. The number of unbranched alkanes of at least 4 members (excludes halogenated alkanes) is 5. The van der Waals surface area contributed by atoms with Crippen LogP contribution in [0.25, 0.3) is 0 Å². The summed E-state index contributed by atoms with van der Waals surface area (Å²) in [6, 6.07) is -5.31. The SMILES string of the molecule is CCCCCCCCP(=S)(C(F)(F)F)C(F)(F)F. The molecule has 0 aliphatic heterocycles. The molecule has 0 saturated heterocycles. The molecular weight excluding hydrogens is 297 g/mol. The fourth-order valence-electron chi connectivity index (χ4n) is 1.51. The van der Waals surface area contributed by atoms with Crippen molar-refractivity contribution in [2.45, 2.75) is 57.3 Å². The van der Waals surface area contributed by atoms with Gasteiger partial charge in [-0.25, -0.2) is 0 Å². The van der Waals surface area contributed by atoms with Crippen molar-refractivity contribution < 1.29 is 26.3 Å². The van der Waals surface area contributed by atoms with E-state index >= 15 is 0 Å². The summed E-state index contributed by atoms with van der Waals surface area (Å²) in [5.41, 5.74) is 0. The summed E-state index contributed by atoms with van der Waals surface area (Å²) in [5.74, 6) is -10.6. The van der Waals surface area contributed by atoms with E-state index in [0.717, 1.165) is 19.3 Å². The van der Waals surface area contributed by atoms with E-state index in [9.17, 15) is 26.3 Å². The predicted octanol–water partition coefficient (Wildman–Crippen LogP) is 5.87. The summed E-state index contributed by atoms with van der Waals surface area (Å²) in [7, 11) is 0. The van der Waals surface area contributed by atoms with Gasteiger partial charge >= 0.3 is 11.8 Å². The summed E-state index contributed by atoms with van der Waals surface area (Å²) in [4.78, 5) is 0. The first kappa shape index (κ1) is 18.2. The number of halogens is 6. The highest BCUT2D eigenvalue weighted by Gasteiger charge is 2.62. The molecule has 0 aromatic heterocycles. The molecule has 0 aromatic carbocycles. The molecule has 0 bridgehead atoms. The van der Waals surface area contributed by atoms with Crippen LogP contribution in [0.2, 0.25) is 0 Å². The minimum Gasteiger partial charge on any atom is -0.166 e. The molecule has 0 aliphatic rings. The molecule has 18 heavy (non-hydrogen) atoms. The van der Waals surface area contributed by atoms with E-state index in [1.165, 1.54) is 0 Å². The Morgan fingerprint density at radius 3 is 1.56 bits per heavy atom. The van der Waals surface area contributed by atoms with Crippen molar-refractivity contribution in [1.29, 1.82) is 0 Å². The van der Waals surface area contributed by atoms with Crippen LogP contribution in [0.3, 0.4) is 0 Å². The molecule has 0 saturated carbocycles. The molecule has 0 atom stereocenters. The van der Waals surface area contributed by atoms with Crippen LogP contribution >= 0.6 is 6.04 Å². The van der Waals surface area contributed by atoms with E-state index in [1.54, 1.807) is 0 Å². The van der Waals surface area contributed by atoms with E-state index in [2.05, 4.69) is 11.8 Å². The van der Waals surface area contributed by atoms with Crippen LogP contribution in [0.1, 0.15) is 45.4 Å². The molecular formula is C10H17F6PS. The molecule has 0 radical (unpaired) electrons. The monoisotopic (exact) mass is 314 g/mol. The van der Waals surface area contributed by atoms with E-state index in [-0.39, 0.29) is 6.42 Å². The van der Waals surface area contributed by atoms with Crippen LogP contribution in [0.5, 0.6) is 0 Å². The third-order valence-corrected chi connectivity index (χ3v) is 7.02. The maximum absolute atomic E-state index is 12.5. The van der Waals surface area contributed by atoms with E-state index in [1.807, 2.05) is 6.92 Å². The molecule has 0 spiro atoms. The molecule has 0 rings (SSSR count). The first-order valence-corrected chi connectivity index (χ1v) is 8.77. The molecule has 0 amide bonds. The second kappa shape index (κ2) is 7.13. The zero-order valence-corrected chi connectivity index (χ0v) is 11.8. The summed E-state index contributed by atoms with van der Waals surface area (Å²) >= 11 is 3.94. The van der Waals surface area contributed by atoms with Gasteiger partial charge in [0, 0.05) is 0 Å². The molecule has 0 aliphatic carbocycles. The Morgan fingerprint density at radius 2 is 1.17 bits per heavy atom. The summed E-state index contributed by atoms with van der Waals surface area (Å²) in [6.07, 6.45) is 2.76. The van der Waals surface area contributed by atoms with Crippen LogP contribution in [0.15, 0.2) is 0 Å². The van der Waals surface area contributed by atoms with Crippen molar-refractivity contribution in [2.75, 3.05) is 6.16 Å². The van der Waals surface area contributed by atoms with E-state index in [0.29, 0.717) is 12.8 Å². The molecule has 0 N–H and O–H groups in total. The average Bonchev–Trinajstić information content (AvgIpc) is 2.19. The first-order chi connectivity index (χ1) is 8.06. The lowest BCUT2D eigenvalue weighted by Gasteiger charge is -2.26. The molecule has 0 nitrogen and oxygen atoms in total. The van der Waals surface area contributed by atoms with Crippen molar-refractivity contribution in [3.8, 4) is 0 Å². The Morgan fingerprint density at radius 1 is 0.778 bits per heavy atom. The van der Waals surface area contributed by atoms with E-state index in [4.69, 9.17) is 0 Å². The van der Waals surface area contributed by atoms with Crippen LogP contribution < -0.4 is 0 Å². The lowest BCUT2D eigenvalue weighted by atomic mass is 10.1. The fourth-order valence-corrected chi connectivity index (χ4v) is 3.36. The lowest BCUT2D eigenvalue weighted by molar-refractivity contribution is -0.0844. The highest BCUT2D eigenvalue weighted by Crippen LogP contribution is 2.71.